The molecule has 1 aliphatic heterocycles. The first-order valence-electron chi connectivity index (χ1n) is 8.37. The van der Waals surface area contributed by atoms with Crippen LogP contribution in [-0.2, 0) is 6.54 Å². The molecule has 4 nitrogen and oxygen atoms in total. The molecule has 1 saturated heterocycles. The Hall–Kier alpha value is -1.98. The number of piperazine rings is 1. The van der Waals surface area contributed by atoms with Crippen LogP contribution in [0.2, 0.25) is 0 Å². The van der Waals surface area contributed by atoms with E-state index in [0.717, 1.165) is 49.6 Å². The largest absolute Gasteiger partial charge is 0.368 e. The number of imidazole rings is 1. The topological polar surface area (TPSA) is 35.2 Å². The number of aromatic amines is 1. The number of aromatic nitrogens is 2. The molecular weight excluding hydrogens is 316 g/mol. The molecule has 3 aromatic rings. The summed E-state index contributed by atoms with van der Waals surface area (Å²) in [5, 5.41) is 0. The third-order valence-corrected chi connectivity index (χ3v) is 5.39. The lowest BCUT2D eigenvalue weighted by molar-refractivity contribution is 0.244. The Morgan fingerprint density at radius 2 is 1.75 bits per heavy atom. The van der Waals surface area contributed by atoms with Crippen LogP contribution in [0.4, 0.5) is 5.69 Å². The van der Waals surface area contributed by atoms with Gasteiger partial charge in [0.05, 0.1) is 23.3 Å². The van der Waals surface area contributed by atoms with Crippen molar-refractivity contribution in [3.63, 3.8) is 0 Å². The Morgan fingerprint density at radius 3 is 2.54 bits per heavy atom. The first kappa shape index (κ1) is 15.5. The first-order chi connectivity index (χ1) is 11.8. The Kier molecular flexibility index (Phi) is 4.45. The molecule has 0 aliphatic carbocycles. The van der Waals surface area contributed by atoms with E-state index >= 15 is 0 Å². The van der Waals surface area contributed by atoms with Crippen molar-refractivity contribution in [1.29, 1.82) is 0 Å². The minimum absolute atomic E-state index is 0.896. The Bertz CT molecular complexity index is 788. The van der Waals surface area contributed by atoms with Gasteiger partial charge in [0, 0.05) is 31.1 Å². The van der Waals surface area contributed by atoms with Crippen LogP contribution < -0.4 is 4.90 Å². The van der Waals surface area contributed by atoms with Crippen molar-refractivity contribution in [3.05, 3.63) is 54.4 Å². The number of benzene rings is 2. The van der Waals surface area contributed by atoms with E-state index in [1.807, 2.05) is 23.9 Å². The fourth-order valence-corrected chi connectivity index (χ4v) is 3.95. The molecule has 0 unspecified atom stereocenters. The number of H-pyrrole nitrogens is 1. The normalized spacial score (nSPS) is 16.0. The first-order valence-corrected chi connectivity index (χ1v) is 9.60. The molecule has 2 heterocycles. The van der Waals surface area contributed by atoms with Gasteiger partial charge in [-0.1, -0.05) is 24.3 Å². The molecule has 1 aromatic heterocycles. The van der Waals surface area contributed by atoms with Crippen LogP contribution in [0.25, 0.3) is 11.0 Å². The molecule has 0 atom stereocenters. The molecule has 0 bridgehead atoms. The molecule has 0 radical (unpaired) electrons. The number of para-hydroxylation sites is 3. The lowest BCUT2D eigenvalue weighted by Gasteiger charge is -2.36. The number of nitrogens with zero attached hydrogens (tertiary/aromatic N) is 3. The minimum atomic E-state index is 0.896. The molecule has 1 fully saturated rings. The van der Waals surface area contributed by atoms with Gasteiger partial charge in [0.25, 0.3) is 0 Å². The summed E-state index contributed by atoms with van der Waals surface area (Å²) in [5.41, 5.74) is 3.55. The highest BCUT2D eigenvalue weighted by molar-refractivity contribution is 7.98. The van der Waals surface area contributed by atoms with Crippen LogP contribution in [0.1, 0.15) is 5.82 Å². The molecule has 4 rings (SSSR count). The van der Waals surface area contributed by atoms with Gasteiger partial charge in [0.2, 0.25) is 0 Å². The number of hydrogen-bond donors (Lipinski definition) is 1. The Morgan fingerprint density at radius 1 is 1.00 bits per heavy atom. The average molecular weight is 338 g/mol. The van der Waals surface area contributed by atoms with Gasteiger partial charge in [-0.3, -0.25) is 4.90 Å². The van der Waals surface area contributed by atoms with Crippen LogP contribution >= 0.6 is 11.8 Å². The van der Waals surface area contributed by atoms with Gasteiger partial charge < -0.3 is 9.88 Å². The van der Waals surface area contributed by atoms with E-state index in [1.165, 1.54) is 10.6 Å². The zero-order valence-electron chi connectivity index (χ0n) is 13.9. The van der Waals surface area contributed by atoms with E-state index in [4.69, 9.17) is 4.98 Å². The van der Waals surface area contributed by atoms with Gasteiger partial charge in [-0.05, 0) is 30.5 Å². The molecule has 0 amide bonds. The van der Waals surface area contributed by atoms with Gasteiger partial charge in [-0.2, -0.15) is 0 Å². The molecule has 0 saturated carbocycles. The molecule has 0 spiro atoms. The molecule has 24 heavy (non-hydrogen) atoms. The lowest BCUT2D eigenvalue weighted by atomic mass is 10.2. The predicted molar refractivity (Wildman–Crippen MR) is 102 cm³/mol. The van der Waals surface area contributed by atoms with Crippen LogP contribution in [-0.4, -0.2) is 47.3 Å². The van der Waals surface area contributed by atoms with Gasteiger partial charge in [-0.25, -0.2) is 4.98 Å². The van der Waals surface area contributed by atoms with E-state index in [2.05, 4.69) is 57.4 Å². The smallest absolute Gasteiger partial charge is 0.121 e. The number of nitrogens with one attached hydrogen (secondary N) is 1. The van der Waals surface area contributed by atoms with Crippen LogP contribution in [0.5, 0.6) is 0 Å². The Labute approximate surface area is 146 Å². The van der Waals surface area contributed by atoms with E-state index in [-0.39, 0.29) is 0 Å². The highest BCUT2D eigenvalue weighted by Gasteiger charge is 2.19. The summed E-state index contributed by atoms with van der Waals surface area (Å²) in [6, 6.07) is 16.9. The highest BCUT2D eigenvalue weighted by Crippen LogP contribution is 2.29. The molecule has 5 heteroatoms. The second-order valence-electron chi connectivity index (χ2n) is 6.14. The van der Waals surface area contributed by atoms with E-state index in [1.54, 1.807) is 0 Å². The summed E-state index contributed by atoms with van der Waals surface area (Å²) in [5.74, 6) is 1.06. The standard InChI is InChI=1S/C19H22N4S/c1-24-18-9-5-4-8-17(18)23-12-10-22(11-13-23)14-19-20-15-6-2-3-7-16(15)21-19/h2-9H,10-14H2,1H3,(H,20,21). The molecule has 2 aromatic carbocycles. The maximum atomic E-state index is 4.70. The predicted octanol–water partition coefficient (Wildman–Crippen LogP) is 3.61. The summed E-state index contributed by atoms with van der Waals surface area (Å²) in [6.45, 7) is 5.17. The second-order valence-corrected chi connectivity index (χ2v) is 6.98. The maximum Gasteiger partial charge on any atom is 0.121 e. The van der Waals surface area contributed by atoms with Gasteiger partial charge in [0.15, 0.2) is 0 Å². The summed E-state index contributed by atoms with van der Waals surface area (Å²) in [7, 11) is 0. The number of rotatable bonds is 4. The monoisotopic (exact) mass is 338 g/mol. The summed E-state index contributed by atoms with van der Waals surface area (Å²) < 4.78 is 0. The number of anilines is 1. The summed E-state index contributed by atoms with van der Waals surface area (Å²) in [4.78, 5) is 14.5. The van der Waals surface area contributed by atoms with Crippen molar-refractivity contribution in [1.82, 2.24) is 14.9 Å². The van der Waals surface area contributed by atoms with Crippen molar-refractivity contribution in [2.75, 3.05) is 37.3 Å². The lowest BCUT2D eigenvalue weighted by Crippen LogP contribution is -2.46. The maximum absolute atomic E-state index is 4.70. The Balaban J connectivity index is 1.41. The van der Waals surface area contributed by atoms with Crippen molar-refractivity contribution in [2.24, 2.45) is 0 Å². The number of fused-ring (bicyclic) bond motifs is 1. The molecule has 1 aliphatic rings. The number of hydrogen-bond acceptors (Lipinski definition) is 4. The molecule has 1 N–H and O–H groups in total. The summed E-state index contributed by atoms with van der Waals surface area (Å²) >= 11 is 1.82. The fraction of sp³-hybridized carbons (Fsp3) is 0.316. The van der Waals surface area contributed by atoms with E-state index in [9.17, 15) is 0 Å². The van der Waals surface area contributed by atoms with E-state index in [0.29, 0.717) is 0 Å². The van der Waals surface area contributed by atoms with Crippen LogP contribution in [0.3, 0.4) is 0 Å². The zero-order chi connectivity index (χ0) is 16.4. The van der Waals surface area contributed by atoms with Crippen molar-refractivity contribution >= 4 is 28.5 Å². The van der Waals surface area contributed by atoms with Gasteiger partial charge in [0.1, 0.15) is 5.82 Å². The van der Waals surface area contributed by atoms with Crippen molar-refractivity contribution < 1.29 is 0 Å². The third kappa shape index (κ3) is 3.14. The van der Waals surface area contributed by atoms with Gasteiger partial charge in [-0.15, -0.1) is 11.8 Å². The minimum Gasteiger partial charge on any atom is -0.368 e. The average Bonchev–Trinajstić information content (AvgIpc) is 3.04. The second kappa shape index (κ2) is 6.87. The molecule has 124 valence electrons. The third-order valence-electron chi connectivity index (χ3n) is 4.61. The van der Waals surface area contributed by atoms with E-state index < -0.39 is 0 Å². The van der Waals surface area contributed by atoms with Gasteiger partial charge >= 0.3 is 0 Å². The highest BCUT2D eigenvalue weighted by atomic mass is 32.2. The van der Waals surface area contributed by atoms with Crippen molar-refractivity contribution in [2.45, 2.75) is 11.4 Å². The van der Waals surface area contributed by atoms with Crippen molar-refractivity contribution in [3.8, 4) is 0 Å². The SMILES string of the molecule is CSc1ccccc1N1CCN(Cc2nc3ccccc3[nH]2)CC1. The van der Waals surface area contributed by atoms with Crippen LogP contribution in [0.15, 0.2) is 53.4 Å². The zero-order valence-corrected chi connectivity index (χ0v) is 14.7. The summed E-state index contributed by atoms with van der Waals surface area (Å²) in [6.07, 6.45) is 2.15. The number of thioether (sulfide) groups is 1. The fourth-order valence-electron chi connectivity index (χ4n) is 3.33. The quantitative estimate of drug-likeness (QED) is 0.737. The molecular formula is C19H22N4S. The van der Waals surface area contributed by atoms with Crippen LogP contribution in [0, 0.1) is 0 Å².